The highest BCUT2D eigenvalue weighted by Crippen LogP contribution is 2.22. The van der Waals surface area contributed by atoms with Crippen molar-refractivity contribution in [3.05, 3.63) is 29.3 Å². The summed E-state index contributed by atoms with van der Waals surface area (Å²) in [7, 11) is 0. The first-order chi connectivity index (χ1) is 6.81. The third kappa shape index (κ3) is 1.51. The van der Waals surface area contributed by atoms with Crippen LogP contribution in [-0.4, -0.2) is 12.5 Å². The lowest BCUT2D eigenvalue weighted by atomic mass is 10.1. The van der Waals surface area contributed by atoms with Gasteiger partial charge in [0.25, 0.3) is 5.90 Å². The summed E-state index contributed by atoms with van der Waals surface area (Å²) >= 11 is 0. The van der Waals surface area contributed by atoms with Crippen LogP contribution in [0.25, 0.3) is 0 Å². The fourth-order valence-electron chi connectivity index (χ4n) is 1.36. The summed E-state index contributed by atoms with van der Waals surface area (Å²) in [5.74, 6) is 0.543. The zero-order valence-electron chi connectivity index (χ0n) is 7.99. The van der Waals surface area contributed by atoms with E-state index >= 15 is 0 Å². The predicted molar refractivity (Wildman–Crippen MR) is 53.8 cm³/mol. The lowest BCUT2D eigenvalue weighted by molar-refractivity contribution is 0.146. The molecule has 0 atom stereocenters. The van der Waals surface area contributed by atoms with Crippen molar-refractivity contribution in [2.24, 2.45) is 5.16 Å². The monoisotopic (exact) mass is 192 g/mol. The van der Waals surface area contributed by atoms with Gasteiger partial charge in [0.15, 0.2) is 0 Å². The van der Waals surface area contributed by atoms with Crippen molar-refractivity contribution in [2.45, 2.75) is 13.5 Å². The van der Waals surface area contributed by atoms with Crippen LogP contribution < -0.4 is 5.73 Å². The molecule has 2 rings (SSSR count). The Morgan fingerprint density at radius 2 is 2.43 bits per heavy atom. The van der Waals surface area contributed by atoms with Crippen LogP contribution in [-0.2, 0) is 16.2 Å². The van der Waals surface area contributed by atoms with Crippen molar-refractivity contribution < 1.29 is 9.57 Å². The molecule has 14 heavy (non-hydrogen) atoms. The van der Waals surface area contributed by atoms with Crippen molar-refractivity contribution in [3.63, 3.8) is 0 Å². The second-order valence-electron chi connectivity index (χ2n) is 3.02. The average Bonchev–Trinajstić information content (AvgIpc) is 2.57. The first-order valence-corrected chi connectivity index (χ1v) is 4.53. The normalized spacial score (nSPS) is 16.5. The second kappa shape index (κ2) is 3.57. The van der Waals surface area contributed by atoms with E-state index in [4.69, 9.17) is 15.3 Å². The standard InChI is InChI=1S/C10H12N2O2/c1-2-14-12-10-9-4-3-8(11)5-7(9)6-13-10/h3-5H,2,6,11H2,1H3/b12-10-. The van der Waals surface area contributed by atoms with E-state index in [1.807, 2.05) is 25.1 Å². The molecular formula is C10H12N2O2. The molecule has 0 fully saturated rings. The molecule has 0 aliphatic carbocycles. The Balaban J connectivity index is 2.31. The molecule has 1 heterocycles. The zero-order valence-corrected chi connectivity index (χ0v) is 7.99. The van der Waals surface area contributed by atoms with Crippen LogP contribution in [0.1, 0.15) is 18.1 Å². The molecule has 2 N–H and O–H groups in total. The minimum Gasteiger partial charge on any atom is -0.470 e. The Bertz CT molecular complexity index is 374. The number of benzene rings is 1. The van der Waals surface area contributed by atoms with Crippen molar-refractivity contribution in [1.29, 1.82) is 0 Å². The Hall–Kier alpha value is -1.71. The van der Waals surface area contributed by atoms with Gasteiger partial charge in [-0.15, -0.1) is 0 Å². The van der Waals surface area contributed by atoms with Gasteiger partial charge in [0.1, 0.15) is 13.2 Å². The molecule has 1 aliphatic heterocycles. The molecule has 1 aliphatic rings. The molecule has 0 bridgehead atoms. The first kappa shape index (κ1) is 8.87. The minimum absolute atomic E-state index is 0.520. The van der Waals surface area contributed by atoms with E-state index in [1.54, 1.807) is 0 Å². The van der Waals surface area contributed by atoms with Gasteiger partial charge < -0.3 is 15.3 Å². The number of anilines is 1. The van der Waals surface area contributed by atoms with Gasteiger partial charge in [0.2, 0.25) is 0 Å². The van der Waals surface area contributed by atoms with Gasteiger partial charge in [0, 0.05) is 16.8 Å². The molecule has 0 radical (unpaired) electrons. The van der Waals surface area contributed by atoms with Crippen LogP contribution in [0.4, 0.5) is 5.69 Å². The smallest absolute Gasteiger partial charge is 0.258 e. The van der Waals surface area contributed by atoms with Crippen LogP contribution in [0.3, 0.4) is 0 Å². The molecule has 0 saturated heterocycles. The van der Waals surface area contributed by atoms with E-state index in [0.717, 1.165) is 16.8 Å². The summed E-state index contributed by atoms with van der Waals surface area (Å²) in [6.07, 6.45) is 0. The highest BCUT2D eigenvalue weighted by atomic mass is 16.6. The fraction of sp³-hybridized carbons (Fsp3) is 0.300. The van der Waals surface area contributed by atoms with Gasteiger partial charge in [-0.05, 0) is 30.3 Å². The van der Waals surface area contributed by atoms with Crippen LogP contribution >= 0.6 is 0 Å². The molecule has 0 saturated carbocycles. The third-order valence-corrected chi connectivity index (χ3v) is 2.00. The number of hydrogen-bond donors (Lipinski definition) is 1. The highest BCUT2D eigenvalue weighted by molar-refractivity contribution is 5.97. The van der Waals surface area contributed by atoms with Gasteiger partial charge in [0.05, 0.1) is 0 Å². The quantitative estimate of drug-likeness (QED) is 0.570. The number of rotatable bonds is 2. The molecule has 1 aromatic carbocycles. The molecule has 4 nitrogen and oxygen atoms in total. The van der Waals surface area contributed by atoms with Crippen molar-refractivity contribution in [2.75, 3.05) is 12.3 Å². The minimum atomic E-state index is 0.520. The van der Waals surface area contributed by atoms with Gasteiger partial charge in [-0.2, -0.15) is 0 Å². The average molecular weight is 192 g/mol. The number of hydrogen-bond acceptors (Lipinski definition) is 4. The second-order valence-corrected chi connectivity index (χ2v) is 3.02. The molecular weight excluding hydrogens is 180 g/mol. The molecule has 0 unspecified atom stereocenters. The lowest BCUT2D eigenvalue weighted by Gasteiger charge is -1.98. The van der Waals surface area contributed by atoms with Crippen LogP contribution in [0, 0.1) is 0 Å². The predicted octanol–water partition coefficient (Wildman–Crippen LogP) is 1.50. The molecule has 4 heteroatoms. The SMILES string of the molecule is CCO/N=C1\OCc2cc(N)ccc21. The number of fused-ring (bicyclic) bond motifs is 1. The van der Waals surface area contributed by atoms with Crippen molar-refractivity contribution in [3.8, 4) is 0 Å². The maximum absolute atomic E-state index is 5.65. The molecule has 1 aromatic rings. The molecule has 74 valence electrons. The maximum Gasteiger partial charge on any atom is 0.258 e. The summed E-state index contributed by atoms with van der Waals surface area (Å²) in [4.78, 5) is 4.94. The van der Waals surface area contributed by atoms with Gasteiger partial charge in [-0.1, -0.05) is 0 Å². The Morgan fingerprint density at radius 3 is 3.21 bits per heavy atom. The van der Waals surface area contributed by atoms with Gasteiger partial charge in [-0.3, -0.25) is 0 Å². The summed E-state index contributed by atoms with van der Waals surface area (Å²) in [5.41, 5.74) is 8.41. The summed E-state index contributed by atoms with van der Waals surface area (Å²) in [6, 6.07) is 5.62. The first-order valence-electron chi connectivity index (χ1n) is 4.53. The van der Waals surface area contributed by atoms with Gasteiger partial charge in [-0.25, -0.2) is 0 Å². The lowest BCUT2D eigenvalue weighted by Crippen LogP contribution is -1.99. The Morgan fingerprint density at radius 1 is 1.57 bits per heavy atom. The van der Waals surface area contributed by atoms with Crippen LogP contribution in [0.15, 0.2) is 23.4 Å². The van der Waals surface area contributed by atoms with Crippen LogP contribution in [0.2, 0.25) is 0 Å². The van der Waals surface area contributed by atoms with Crippen molar-refractivity contribution in [1.82, 2.24) is 0 Å². The number of oxime groups is 1. The molecule has 0 amide bonds. The fourth-order valence-corrected chi connectivity index (χ4v) is 1.36. The molecule has 0 aromatic heterocycles. The van der Waals surface area contributed by atoms with E-state index in [-0.39, 0.29) is 0 Å². The van der Waals surface area contributed by atoms with Crippen LogP contribution in [0.5, 0.6) is 0 Å². The van der Waals surface area contributed by atoms with Crippen molar-refractivity contribution >= 4 is 11.6 Å². The molecule has 0 spiro atoms. The van der Waals surface area contributed by atoms with E-state index in [0.29, 0.717) is 19.1 Å². The Labute approximate surface area is 82.3 Å². The number of nitrogens with zero attached hydrogens (tertiary/aromatic N) is 1. The highest BCUT2D eigenvalue weighted by Gasteiger charge is 2.19. The Kier molecular flexibility index (Phi) is 2.26. The third-order valence-electron chi connectivity index (χ3n) is 2.00. The van der Waals surface area contributed by atoms with E-state index in [2.05, 4.69) is 5.16 Å². The van der Waals surface area contributed by atoms with Gasteiger partial charge >= 0.3 is 0 Å². The summed E-state index contributed by atoms with van der Waals surface area (Å²) < 4.78 is 5.35. The number of ether oxygens (including phenoxy) is 1. The maximum atomic E-state index is 5.65. The van der Waals surface area contributed by atoms with E-state index < -0.39 is 0 Å². The van der Waals surface area contributed by atoms with E-state index in [1.165, 1.54) is 0 Å². The number of nitrogens with two attached hydrogens (primary N) is 1. The summed E-state index contributed by atoms with van der Waals surface area (Å²) in [6.45, 7) is 2.94. The number of nitrogen functional groups attached to an aromatic ring is 1. The zero-order chi connectivity index (χ0) is 9.97. The largest absolute Gasteiger partial charge is 0.470 e. The summed E-state index contributed by atoms with van der Waals surface area (Å²) in [5, 5.41) is 3.87. The van der Waals surface area contributed by atoms with E-state index in [9.17, 15) is 0 Å². The topological polar surface area (TPSA) is 56.8 Å².